The van der Waals surface area contributed by atoms with Crippen molar-refractivity contribution in [2.75, 3.05) is 0 Å². The first-order valence-corrected chi connectivity index (χ1v) is 17.7. The van der Waals surface area contributed by atoms with E-state index in [0.717, 1.165) is 54.8 Å². The predicted octanol–water partition coefficient (Wildman–Crippen LogP) is 9.24. The molecule has 1 N–H and O–H groups in total. The number of ketones is 1. The van der Waals surface area contributed by atoms with E-state index in [-0.39, 0.29) is 45.1 Å². The monoisotopic (exact) mass is 610 g/mol. The molecule has 4 saturated carbocycles. The number of H-pyrrole nitrogens is 1. The summed E-state index contributed by atoms with van der Waals surface area (Å²) in [6, 6.07) is 10.4. The molecule has 5 aliphatic rings. The Balaban J connectivity index is 1.29. The van der Waals surface area contributed by atoms with E-state index in [0.29, 0.717) is 30.0 Å². The van der Waals surface area contributed by atoms with Gasteiger partial charge in [0.05, 0.1) is 17.3 Å². The molecule has 0 aliphatic heterocycles. The molecule has 0 radical (unpaired) electrons. The van der Waals surface area contributed by atoms with Gasteiger partial charge in [0.1, 0.15) is 11.9 Å². The number of carbonyl (C=O) groups is 2. The SMILES string of the molecule is CC(=O)O[C@H]1CC[C@]2(C)[C@H]3CC[C@@H]4C5=C(C(C)C)C(=O)C[C@]5(c5ncc(-c6ccccc6)[nH]5)CC[C@@]4(C)[C@]3(C)CC[C@H]2C1(C)C. The molecule has 1 aromatic carbocycles. The smallest absolute Gasteiger partial charge is 0.302 e. The fourth-order valence-corrected chi connectivity index (χ4v) is 12.6. The summed E-state index contributed by atoms with van der Waals surface area (Å²) in [7, 11) is 0. The summed E-state index contributed by atoms with van der Waals surface area (Å²) in [4.78, 5) is 34.9. The van der Waals surface area contributed by atoms with Gasteiger partial charge in [0.15, 0.2) is 5.78 Å². The molecule has 5 heteroatoms. The molecule has 4 fully saturated rings. The predicted molar refractivity (Wildman–Crippen MR) is 178 cm³/mol. The van der Waals surface area contributed by atoms with E-state index in [1.165, 1.54) is 24.8 Å². The number of fused-ring (bicyclic) bond motifs is 7. The summed E-state index contributed by atoms with van der Waals surface area (Å²) in [5, 5.41) is 0. The van der Waals surface area contributed by atoms with Crippen LogP contribution in [-0.4, -0.2) is 27.8 Å². The van der Waals surface area contributed by atoms with Crippen molar-refractivity contribution in [3.05, 3.63) is 53.5 Å². The zero-order valence-corrected chi connectivity index (χ0v) is 28.9. The van der Waals surface area contributed by atoms with Crippen LogP contribution in [-0.2, 0) is 19.7 Å². The van der Waals surface area contributed by atoms with E-state index in [1.54, 1.807) is 6.92 Å². The molecular weight excluding hydrogens is 556 g/mol. The summed E-state index contributed by atoms with van der Waals surface area (Å²) >= 11 is 0. The van der Waals surface area contributed by atoms with Crippen molar-refractivity contribution in [2.45, 2.75) is 125 Å². The number of hydrogen-bond donors (Lipinski definition) is 1. The highest BCUT2D eigenvalue weighted by molar-refractivity contribution is 6.01. The van der Waals surface area contributed by atoms with E-state index in [9.17, 15) is 9.59 Å². The van der Waals surface area contributed by atoms with Crippen LogP contribution in [0.25, 0.3) is 11.3 Å². The zero-order chi connectivity index (χ0) is 32.2. The average Bonchev–Trinajstić information content (AvgIpc) is 3.59. The number of ether oxygens (including phenoxy) is 1. The quantitative estimate of drug-likeness (QED) is 0.350. The van der Waals surface area contributed by atoms with Crippen molar-refractivity contribution >= 4 is 11.8 Å². The Morgan fingerprint density at radius 1 is 0.911 bits per heavy atom. The Labute approximate surface area is 270 Å². The number of hydrogen-bond acceptors (Lipinski definition) is 4. The first-order valence-electron chi connectivity index (χ1n) is 17.7. The summed E-state index contributed by atoms with van der Waals surface area (Å²) in [5.74, 6) is 2.92. The van der Waals surface area contributed by atoms with Gasteiger partial charge in [-0.1, -0.05) is 78.8 Å². The lowest BCUT2D eigenvalue weighted by Crippen LogP contribution is -2.66. The number of allylic oxidation sites excluding steroid dienone is 2. The summed E-state index contributed by atoms with van der Waals surface area (Å²) in [6.45, 7) is 18.6. The molecule has 8 atom stereocenters. The van der Waals surface area contributed by atoms with Crippen LogP contribution in [0.4, 0.5) is 0 Å². The Morgan fingerprint density at radius 2 is 1.64 bits per heavy atom. The fraction of sp³-hybridized carbons (Fsp3) is 0.675. The van der Waals surface area contributed by atoms with Crippen molar-refractivity contribution in [3.8, 4) is 11.3 Å². The molecule has 2 aromatic rings. The van der Waals surface area contributed by atoms with Gasteiger partial charge in [0.25, 0.3) is 0 Å². The van der Waals surface area contributed by atoms with Gasteiger partial charge < -0.3 is 9.72 Å². The molecule has 1 heterocycles. The second-order valence-electron chi connectivity index (χ2n) is 17.2. The van der Waals surface area contributed by atoms with Gasteiger partial charge in [-0.15, -0.1) is 0 Å². The van der Waals surface area contributed by atoms with Crippen LogP contribution in [0.5, 0.6) is 0 Å². The molecule has 0 spiro atoms. The van der Waals surface area contributed by atoms with Crippen molar-refractivity contribution in [3.63, 3.8) is 0 Å². The van der Waals surface area contributed by atoms with Crippen molar-refractivity contribution in [2.24, 2.45) is 45.3 Å². The molecule has 0 unspecified atom stereocenters. The standard InChI is InChI=1S/C40H54N2O3/c1-24(2)33-29(44)22-40(35-41-23-28(42-35)26-12-10-9-11-13-26)21-20-38(7)27(34(33)40)14-15-31-37(6)18-17-32(45-25(3)43)36(4,5)30(37)16-19-39(31,38)8/h9-13,23-24,27,30-32H,14-22H2,1-8H3,(H,41,42)/t27-,30+,31-,32+,37+,38-,39-,40-/m1/s1. The highest BCUT2D eigenvalue weighted by Gasteiger charge is 2.70. The van der Waals surface area contributed by atoms with Crippen molar-refractivity contribution in [1.82, 2.24) is 9.97 Å². The third kappa shape index (κ3) is 4.13. The van der Waals surface area contributed by atoms with Crippen LogP contribution in [0, 0.1) is 45.3 Å². The summed E-state index contributed by atoms with van der Waals surface area (Å²) in [5.41, 5.74) is 4.84. The van der Waals surface area contributed by atoms with E-state index in [1.807, 2.05) is 12.3 Å². The number of Topliss-reactive ketones (excluding diaryl/α,β-unsaturated/α-hetero) is 1. The largest absolute Gasteiger partial charge is 0.462 e. The van der Waals surface area contributed by atoms with Crippen LogP contribution in [0.15, 0.2) is 47.7 Å². The molecule has 0 saturated heterocycles. The highest BCUT2D eigenvalue weighted by atomic mass is 16.5. The third-order valence-electron chi connectivity index (χ3n) is 14.8. The maximum absolute atomic E-state index is 14.1. The van der Waals surface area contributed by atoms with E-state index < -0.39 is 0 Å². The second-order valence-corrected chi connectivity index (χ2v) is 17.2. The van der Waals surface area contributed by atoms with Gasteiger partial charge in [-0.2, -0.15) is 0 Å². The molecule has 45 heavy (non-hydrogen) atoms. The number of rotatable bonds is 4. The van der Waals surface area contributed by atoms with Gasteiger partial charge in [-0.25, -0.2) is 4.98 Å². The van der Waals surface area contributed by atoms with Crippen LogP contribution >= 0.6 is 0 Å². The van der Waals surface area contributed by atoms with Gasteiger partial charge in [-0.3, -0.25) is 9.59 Å². The molecule has 1 aromatic heterocycles. The minimum atomic E-state index is -0.331. The van der Waals surface area contributed by atoms with Crippen LogP contribution in [0.1, 0.15) is 119 Å². The van der Waals surface area contributed by atoms with Crippen LogP contribution < -0.4 is 0 Å². The van der Waals surface area contributed by atoms with Crippen LogP contribution in [0.2, 0.25) is 0 Å². The van der Waals surface area contributed by atoms with Gasteiger partial charge in [0.2, 0.25) is 0 Å². The summed E-state index contributed by atoms with van der Waals surface area (Å²) < 4.78 is 5.96. The van der Waals surface area contributed by atoms with Crippen LogP contribution in [0.3, 0.4) is 0 Å². The molecule has 0 amide bonds. The Hall–Kier alpha value is -2.69. The maximum atomic E-state index is 14.1. The highest BCUT2D eigenvalue weighted by Crippen LogP contribution is 2.76. The van der Waals surface area contributed by atoms with Gasteiger partial charge in [0, 0.05) is 18.8 Å². The Morgan fingerprint density at radius 3 is 2.33 bits per heavy atom. The molecule has 242 valence electrons. The normalized spacial score (nSPS) is 40.4. The average molecular weight is 611 g/mol. The van der Waals surface area contributed by atoms with Gasteiger partial charge in [-0.05, 0) is 108 Å². The first-order chi connectivity index (χ1) is 21.2. The maximum Gasteiger partial charge on any atom is 0.302 e. The van der Waals surface area contributed by atoms with E-state index >= 15 is 0 Å². The lowest BCUT2D eigenvalue weighted by Gasteiger charge is -2.72. The number of aromatic amines is 1. The molecule has 0 bridgehead atoms. The number of nitrogens with one attached hydrogen (secondary N) is 1. The number of carbonyl (C=O) groups excluding carboxylic acids is 2. The Bertz CT molecular complexity index is 1550. The van der Waals surface area contributed by atoms with E-state index in [4.69, 9.17) is 9.72 Å². The lowest BCUT2D eigenvalue weighted by molar-refractivity contribution is -0.231. The van der Waals surface area contributed by atoms with Crippen molar-refractivity contribution < 1.29 is 14.3 Å². The van der Waals surface area contributed by atoms with Gasteiger partial charge >= 0.3 is 5.97 Å². The molecular formula is C40H54N2O3. The number of esters is 1. The summed E-state index contributed by atoms with van der Waals surface area (Å²) in [6.07, 6.45) is 11.4. The second kappa shape index (κ2) is 10.2. The number of aromatic nitrogens is 2. The zero-order valence-electron chi connectivity index (χ0n) is 28.9. The topological polar surface area (TPSA) is 72.1 Å². The number of benzene rings is 1. The number of nitrogens with zero attached hydrogens (tertiary/aromatic N) is 1. The molecule has 5 aliphatic carbocycles. The molecule has 7 rings (SSSR count). The first kappa shape index (κ1) is 30.9. The molecule has 5 nitrogen and oxygen atoms in total. The van der Waals surface area contributed by atoms with E-state index in [2.05, 4.69) is 77.7 Å². The fourth-order valence-electron chi connectivity index (χ4n) is 12.6. The minimum Gasteiger partial charge on any atom is -0.462 e. The minimum absolute atomic E-state index is 0.00279. The third-order valence-corrected chi connectivity index (χ3v) is 14.8. The number of imidazole rings is 1. The Kier molecular flexibility index (Phi) is 6.98. The lowest BCUT2D eigenvalue weighted by atomic mass is 9.33. The van der Waals surface area contributed by atoms with Crippen molar-refractivity contribution in [1.29, 1.82) is 0 Å².